The van der Waals surface area contributed by atoms with Gasteiger partial charge in [0.2, 0.25) is 0 Å². The van der Waals surface area contributed by atoms with Gasteiger partial charge in [-0.25, -0.2) is 0 Å². The van der Waals surface area contributed by atoms with Crippen molar-refractivity contribution >= 4 is 11.6 Å². The Hall–Kier alpha value is -1.77. The van der Waals surface area contributed by atoms with Crippen LogP contribution in [0.25, 0.3) is 0 Å². The molecule has 0 saturated carbocycles. The number of hydrogen-bond acceptors (Lipinski definition) is 2. The molecule has 0 aromatic heterocycles. The van der Waals surface area contributed by atoms with E-state index in [9.17, 15) is 4.79 Å². The van der Waals surface area contributed by atoms with Crippen LogP contribution in [0, 0.1) is 6.92 Å². The predicted molar refractivity (Wildman–Crippen MR) is 68.5 cm³/mol. The smallest absolute Gasteiger partial charge is 0.251 e. The number of benzene rings is 1. The van der Waals surface area contributed by atoms with Crippen molar-refractivity contribution in [2.24, 2.45) is 0 Å². The van der Waals surface area contributed by atoms with E-state index in [0.29, 0.717) is 13.2 Å². The molecule has 1 aromatic rings. The highest BCUT2D eigenvalue weighted by Crippen LogP contribution is 2.32. The number of hydrogen-bond donors (Lipinski definition) is 0. The van der Waals surface area contributed by atoms with Crippen LogP contribution in [0.3, 0.4) is 0 Å². The van der Waals surface area contributed by atoms with Gasteiger partial charge in [0.15, 0.2) is 0 Å². The Morgan fingerprint density at radius 2 is 2.18 bits per heavy atom. The number of rotatable bonds is 1. The van der Waals surface area contributed by atoms with Gasteiger partial charge in [-0.3, -0.25) is 4.79 Å². The third kappa shape index (κ3) is 2.49. The van der Waals surface area contributed by atoms with Crippen molar-refractivity contribution in [3.05, 3.63) is 35.4 Å². The Morgan fingerprint density at radius 3 is 2.88 bits per heavy atom. The number of carbonyl (C=O) groups is 1. The molecule has 90 valence electrons. The molecule has 1 aliphatic rings. The van der Waals surface area contributed by atoms with E-state index >= 15 is 0 Å². The molecule has 0 bridgehead atoms. The van der Waals surface area contributed by atoms with E-state index in [0.717, 1.165) is 22.6 Å². The lowest BCUT2D eigenvalue weighted by atomic mass is 10.1. The number of aryl methyl sites for hydroxylation is 1. The summed E-state index contributed by atoms with van der Waals surface area (Å²) in [5.41, 5.74) is 3.01. The van der Waals surface area contributed by atoms with Gasteiger partial charge in [0.25, 0.3) is 5.91 Å². The van der Waals surface area contributed by atoms with Crippen LogP contribution >= 0.6 is 0 Å². The average molecular weight is 231 g/mol. The first kappa shape index (κ1) is 11.7. The third-order valence-electron chi connectivity index (χ3n) is 2.66. The lowest BCUT2D eigenvalue weighted by Gasteiger charge is -2.29. The van der Waals surface area contributed by atoms with Gasteiger partial charge >= 0.3 is 0 Å². The van der Waals surface area contributed by atoms with E-state index in [1.165, 1.54) is 0 Å². The fourth-order valence-corrected chi connectivity index (χ4v) is 1.88. The van der Waals surface area contributed by atoms with Gasteiger partial charge in [0.05, 0.1) is 12.2 Å². The lowest BCUT2D eigenvalue weighted by molar-refractivity contribution is -0.114. The second-order valence-corrected chi connectivity index (χ2v) is 4.53. The molecule has 2 rings (SSSR count). The van der Waals surface area contributed by atoms with Crippen molar-refractivity contribution in [3.63, 3.8) is 0 Å². The van der Waals surface area contributed by atoms with Crippen molar-refractivity contribution in [2.45, 2.75) is 20.8 Å². The molecule has 0 atom stereocenters. The first-order chi connectivity index (χ1) is 8.08. The molecule has 1 heterocycles. The quantitative estimate of drug-likeness (QED) is 0.695. The van der Waals surface area contributed by atoms with Crippen LogP contribution in [0.15, 0.2) is 29.8 Å². The second kappa shape index (κ2) is 4.62. The van der Waals surface area contributed by atoms with Crippen LogP contribution in [0.2, 0.25) is 0 Å². The SMILES string of the molecule is CC(C)=CC(=O)N1CCOc2ccc(C)cc21. The van der Waals surface area contributed by atoms with Crippen LogP contribution < -0.4 is 9.64 Å². The van der Waals surface area contributed by atoms with E-state index in [1.54, 1.807) is 11.0 Å². The van der Waals surface area contributed by atoms with Gasteiger partial charge in [-0.1, -0.05) is 11.6 Å². The molecule has 1 amide bonds. The lowest BCUT2D eigenvalue weighted by Crippen LogP contribution is -2.37. The number of amides is 1. The summed E-state index contributed by atoms with van der Waals surface area (Å²) in [7, 11) is 0. The molecule has 0 unspecified atom stereocenters. The fourth-order valence-electron chi connectivity index (χ4n) is 1.88. The molecule has 0 saturated heterocycles. The Bertz CT molecular complexity index is 473. The van der Waals surface area contributed by atoms with Gasteiger partial charge < -0.3 is 9.64 Å². The largest absolute Gasteiger partial charge is 0.490 e. The minimum absolute atomic E-state index is 0.0279. The van der Waals surface area contributed by atoms with Crippen molar-refractivity contribution in [3.8, 4) is 5.75 Å². The maximum atomic E-state index is 12.1. The van der Waals surface area contributed by atoms with Crippen LogP contribution in [-0.2, 0) is 4.79 Å². The summed E-state index contributed by atoms with van der Waals surface area (Å²) in [5.74, 6) is 0.817. The molecule has 1 aromatic carbocycles. The molecule has 0 spiro atoms. The minimum atomic E-state index is 0.0279. The highest BCUT2D eigenvalue weighted by atomic mass is 16.5. The van der Waals surface area contributed by atoms with Crippen LogP contribution in [0.1, 0.15) is 19.4 Å². The molecule has 1 aliphatic heterocycles. The zero-order chi connectivity index (χ0) is 12.4. The molecule has 3 heteroatoms. The summed E-state index contributed by atoms with van der Waals surface area (Å²) < 4.78 is 5.55. The molecule has 3 nitrogen and oxygen atoms in total. The Morgan fingerprint density at radius 1 is 1.41 bits per heavy atom. The van der Waals surface area contributed by atoms with Crippen molar-refractivity contribution in [1.82, 2.24) is 0 Å². The van der Waals surface area contributed by atoms with Gasteiger partial charge in [-0.05, 0) is 38.5 Å². The number of fused-ring (bicyclic) bond motifs is 1. The van der Waals surface area contributed by atoms with Gasteiger partial charge in [0.1, 0.15) is 12.4 Å². The molecule has 17 heavy (non-hydrogen) atoms. The molecular weight excluding hydrogens is 214 g/mol. The average Bonchev–Trinajstić information content (AvgIpc) is 2.27. The summed E-state index contributed by atoms with van der Waals surface area (Å²) in [6.45, 7) is 7.03. The highest BCUT2D eigenvalue weighted by Gasteiger charge is 2.22. The summed E-state index contributed by atoms with van der Waals surface area (Å²) in [5, 5.41) is 0. The van der Waals surface area contributed by atoms with E-state index in [-0.39, 0.29) is 5.91 Å². The van der Waals surface area contributed by atoms with Crippen molar-refractivity contribution in [2.75, 3.05) is 18.1 Å². The predicted octanol–water partition coefficient (Wildman–Crippen LogP) is 2.69. The van der Waals surface area contributed by atoms with Crippen molar-refractivity contribution < 1.29 is 9.53 Å². The summed E-state index contributed by atoms with van der Waals surface area (Å²) in [4.78, 5) is 13.9. The number of anilines is 1. The molecule has 0 aliphatic carbocycles. The standard InChI is InChI=1S/C14H17NO2/c1-10(2)8-14(16)15-6-7-17-13-5-4-11(3)9-12(13)15/h4-5,8-9H,6-7H2,1-3H3. The maximum absolute atomic E-state index is 12.1. The van der Waals surface area contributed by atoms with E-state index in [1.807, 2.05) is 39.0 Å². The first-order valence-corrected chi connectivity index (χ1v) is 5.78. The summed E-state index contributed by atoms with van der Waals surface area (Å²) >= 11 is 0. The molecule has 0 N–H and O–H groups in total. The zero-order valence-corrected chi connectivity index (χ0v) is 10.5. The van der Waals surface area contributed by atoms with Gasteiger partial charge in [0, 0.05) is 6.08 Å². The maximum Gasteiger partial charge on any atom is 0.251 e. The Balaban J connectivity index is 2.37. The van der Waals surface area contributed by atoms with Crippen molar-refractivity contribution in [1.29, 1.82) is 0 Å². The summed E-state index contributed by atoms with van der Waals surface area (Å²) in [6.07, 6.45) is 1.66. The second-order valence-electron chi connectivity index (χ2n) is 4.53. The number of allylic oxidation sites excluding steroid dienone is 1. The Labute approximate surface area is 102 Å². The topological polar surface area (TPSA) is 29.5 Å². The minimum Gasteiger partial charge on any atom is -0.490 e. The molecule has 0 fully saturated rings. The van der Waals surface area contributed by atoms with Crippen LogP contribution in [0.5, 0.6) is 5.75 Å². The van der Waals surface area contributed by atoms with E-state index in [2.05, 4.69) is 0 Å². The zero-order valence-electron chi connectivity index (χ0n) is 10.5. The molecular formula is C14H17NO2. The van der Waals surface area contributed by atoms with E-state index < -0.39 is 0 Å². The number of nitrogens with zero attached hydrogens (tertiary/aromatic N) is 1. The van der Waals surface area contributed by atoms with E-state index in [4.69, 9.17) is 4.74 Å². The monoisotopic (exact) mass is 231 g/mol. The number of carbonyl (C=O) groups excluding carboxylic acids is 1. The highest BCUT2D eigenvalue weighted by molar-refractivity contribution is 6.03. The van der Waals surface area contributed by atoms with Crippen LogP contribution in [0.4, 0.5) is 5.69 Å². The number of ether oxygens (including phenoxy) is 1. The Kier molecular flexibility index (Phi) is 3.18. The first-order valence-electron chi connectivity index (χ1n) is 5.78. The third-order valence-corrected chi connectivity index (χ3v) is 2.66. The fraction of sp³-hybridized carbons (Fsp3) is 0.357. The van der Waals surface area contributed by atoms with Gasteiger partial charge in [-0.15, -0.1) is 0 Å². The van der Waals surface area contributed by atoms with Gasteiger partial charge in [-0.2, -0.15) is 0 Å². The normalized spacial score (nSPS) is 13.7. The molecule has 0 radical (unpaired) electrons. The summed E-state index contributed by atoms with van der Waals surface area (Å²) in [6, 6.07) is 5.91. The van der Waals surface area contributed by atoms with Crippen LogP contribution in [-0.4, -0.2) is 19.1 Å².